The van der Waals surface area contributed by atoms with E-state index in [4.69, 9.17) is 9.47 Å². The third kappa shape index (κ3) is 4.39. The number of hydrogen-bond acceptors (Lipinski definition) is 5. The van der Waals surface area contributed by atoms with E-state index < -0.39 is 0 Å². The van der Waals surface area contributed by atoms with Crippen LogP contribution in [0.15, 0.2) is 29.5 Å². The molecule has 152 valence electrons. The molecule has 0 atom stereocenters. The summed E-state index contributed by atoms with van der Waals surface area (Å²) in [6.07, 6.45) is 2.81. The van der Waals surface area contributed by atoms with Gasteiger partial charge in [0.25, 0.3) is 5.91 Å². The number of halogens is 1. The third-order valence-electron chi connectivity index (χ3n) is 5.28. The number of nitrogens with one attached hydrogen (secondary N) is 1. The quantitative estimate of drug-likeness (QED) is 0.727. The van der Waals surface area contributed by atoms with Crippen molar-refractivity contribution in [3.63, 3.8) is 0 Å². The van der Waals surface area contributed by atoms with Gasteiger partial charge in [0.05, 0.1) is 18.0 Å². The highest BCUT2D eigenvalue weighted by atomic mass is 19.2. The van der Waals surface area contributed by atoms with Crippen LogP contribution in [0.2, 0.25) is 0 Å². The summed E-state index contributed by atoms with van der Waals surface area (Å²) in [5.41, 5.74) is 4.91. The normalized spacial score (nSPS) is 15.6. The zero-order chi connectivity index (χ0) is 20.4. The first-order chi connectivity index (χ1) is 14.0. The molecule has 29 heavy (non-hydrogen) atoms. The van der Waals surface area contributed by atoms with Gasteiger partial charge in [-0.1, -0.05) is 21.8 Å². The van der Waals surface area contributed by atoms with Crippen LogP contribution >= 0.6 is 0 Å². The van der Waals surface area contributed by atoms with E-state index in [1.54, 1.807) is 13.0 Å². The lowest BCUT2D eigenvalue weighted by Gasteiger charge is -2.13. The topological polar surface area (TPSA) is 72.8 Å². The van der Waals surface area contributed by atoms with Gasteiger partial charge in [-0.2, -0.15) is 0 Å². The van der Waals surface area contributed by atoms with Gasteiger partial charge in [-0.25, -0.2) is 4.98 Å². The first-order valence-electron chi connectivity index (χ1n) is 9.86. The number of benzene rings is 1. The molecule has 0 spiro atoms. The van der Waals surface area contributed by atoms with Gasteiger partial charge in [0.2, 0.25) is 5.88 Å². The SMILES string of the molecule is Cc1cc(OCC(=O)NCc2ccc3c(c2)CCO3)nc(C)c1C(=NF)C1CC1. The van der Waals surface area contributed by atoms with Gasteiger partial charge in [-0.05, 0) is 49.4 Å². The molecule has 2 heterocycles. The largest absolute Gasteiger partial charge is 0.493 e. The molecule has 1 N–H and O–H groups in total. The van der Waals surface area contributed by atoms with Crippen LogP contribution in [0.25, 0.3) is 0 Å². The second-order valence-electron chi connectivity index (χ2n) is 7.59. The van der Waals surface area contributed by atoms with Crippen LogP contribution in [0.4, 0.5) is 4.48 Å². The third-order valence-corrected chi connectivity index (χ3v) is 5.28. The van der Waals surface area contributed by atoms with E-state index in [2.05, 4.69) is 21.6 Å². The molecule has 1 aliphatic carbocycles. The minimum Gasteiger partial charge on any atom is -0.493 e. The Bertz CT molecular complexity index is 947. The number of nitrogens with zero attached hydrogens (tertiary/aromatic N) is 2. The summed E-state index contributed by atoms with van der Waals surface area (Å²) in [4.78, 5) is 16.5. The predicted octanol–water partition coefficient (Wildman–Crippen LogP) is 3.41. The molecule has 1 aliphatic heterocycles. The molecule has 1 fully saturated rings. The molecule has 7 heteroatoms. The fourth-order valence-electron chi connectivity index (χ4n) is 3.67. The van der Waals surface area contributed by atoms with Gasteiger partial charge in [0.1, 0.15) is 5.75 Å². The first-order valence-corrected chi connectivity index (χ1v) is 9.86. The summed E-state index contributed by atoms with van der Waals surface area (Å²) in [5, 5.41) is 5.83. The first kappa shape index (κ1) is 19.4. The van der Waals surface area contributed by atoms with E-state index in [9.17, 15) is 9.28 Å². The average molecular weight is 397 g/mol. The van der Waals surface area contributed by atoms with E-state index in [-0.39, 0.29) is 18.4 Å². The van der Waals surface area contributed by atoms with Crippen molar-refractivity contribution >= 4 is 11.6 Å². The second kappa shape index (κ2) is 8.19. The number of carbonyl (C=O) groups is 1. The number of fused-ring (bicyclic) bond motifs is 1. The van der Waals surface area contributed by atoms with Crippen LogP contribution in [-0.4, -0.2) is 29.8 Å². The number of ether oxygens (including phenoxy) is 2. The van der Waals surface area contributed by atoms with E-state index in [1.807, 2.05) is 19.1 Å². The Morgan fingerprint density at radius 1 is 1.34 bits per heavy atom. The van der Waals surface area contributed by atoms with Crippen LogP contribution in [0.5, 0.6) is 11.6 Å². The van der Waals surface area contributed by atoms with Crippen molar-refractivity contribution in [2.45, 2.75) is 39.7 Å². The number of hydrogen-bond donors (Lipinski definition) is 1. The average Bonchev–Trinajstić information content (AvgIpc) is 3.43. The second-order valence-corrected chi connectivity index (χ2v) is 7.59. The van der Waals surface area contributed by atoms with Crippen molar-refractivity contribution in [3.8, 4) is 11.6 Å². The van der Waals surface area contributed by atoms with Gasteiger partial charge >= 0.3 is 0 Å². The molecule has 0 unspecified atom stereocenters. The molecule has 1 saturated carbocycles. The lowest BCUT2D eigenvalue weighted by atomic mass is 10.00. The Morgan fingerprint density at radius 3 is 2.90 bits per heavy atom. The number of pyridine rings is 1. The lowest BCUT2D eigenvalue weighted by molar-refractivity contribution is -0.123. The standard InChI is InChI=1S/C22H24FN3O3/c1-13-9-20(25-14(2)21(13)22(26-23)16-4-5-16)29-12-19(27)24-11-15-3-6-18-17(10-15)7-8-28-18/h3,6,9-10,16H,4-5,7-8,11-12H2,1-2H3,(H,24,27). The van der Waals surface area contributed by atoms with Crippen molar-refractivity contribution < 1.29 is 18.7 Å². The summed E-state index contributed by atoms with van der Waals surface area (Å²) in [6.45, 7) is 4.69. The highest BCUT2D eigenvalue weighted by Crippen LogP contribution is 2.35. The molecule has 2 aliphatic rings. The molecule has 0 radical (unpaired) electrons. The van der Waals surface area contributed by atoms with Crippen molar-refractivity contribution in [1.82, 2.24) is 10.3 Å². The molecule has 2 aromatic rings. The van der Waals surface area contributed by atoms with Gasteiger partial charge in [-0.3, -0.25) is 4.79 Å². The molecular weight excluding hydrogens is 373 g/mol. The fraction of sp³-hybridized carbons (Fsp3) is 0.409. The lowest BCUT2D eigenvalue weighted by Crippen LogP contribution is -2.28. The van der Waals surface area contributed by atoms with Gasteiger partial charge in [-0.15, -0.1) is 0 Å². The summed E-state index contributed by atoms with van der Waals surface area (Å²) < 4.78 is 24.2. The molecule has 0 bridgehead atoms. The fourth-order valence-corrected chi connectivity index (χ4v) is 3.67. The minimum absolute atomic E-state index is 0.133. The molecule has 1 aromatic carbocycles. The molecule has 4 rings (SSSR count). The van der Waals surface area contributed by atoms with E-state index in [0.29, 0.717) is 30.4 Å². The molecule has 6 nitrogen and oxygen atoms in total. The zero-order valence-corrected chi connectivity index (χ0v) is 16.6. The van der Waals surface area contributed by atoms with Crippen LogP contribution in [-0.2, 0) is 17.8 Å². The number of carbonyl (C=O) groups excluding carboxylic acids is 1. The number of aromatic nitrogens is 1. The van der Waals surface area contributed by atoms with Crippen molar-refractivity contribution in [1.29, 1.82) is 0 Å². The zero-order valence-electron chi connectivity index (χ0n) is 16.6. The molecule has 1 aromatic heterocycles. The maximum Gasteiger partial charge on any atom is 0.258 e. The Balaban J connectivity index is 1.33. The monoisotopic (exact) mass is 397 g/mol. The number of rotatable bonds is 7. The maximum atomic E-state index is 13.1. The van der Waals surface area contributed by atoms with Gasteiger partial charge < -0.3 is 14.8 Å². The van der Waals surface area contributed by atoms with Gasteiger partial charge in [0, 0.05) is 30.5 Å². The van der Waals surface area contributed by atoms with Crippen molar-refractivity contribution in [2.75, 3.05) is 13.2 Å². The Labute approximate surface area is 169 Å². The van der Waals surface area contributed by atoms with Crippen molar-refractivity contribution in [2.24, 2.45) is 11.1 Å². The smallest absolute Gasteiger partial charge is 0.258 e. The summed E-state index contributed by atoms with van der Waals surface area (Å²) in [6, 6.07) is 7.67. The molecule has 0 saturated heterocycles. The minimum atomic E-state index is -0.230. The highest BCUT2D eigenvalue weighted by Gasteiger charge is 2.31. The summed E-state index contributed by atoms with van der Waals surface area (Å²) >= 11 is 0. The van der Waals surface area contributed by atoms with E-state index in [0.717, 1.165) is 41.7 Å². The van der Waals surface area contributed by atoms with Crippen molar-refractivity contribution in [3.05, 3.63) is 52.2 Å². The van der Waals surface area contributed by atoms with Crippen LogP contribution in [0.1, 0.15) is 40.8 Å². The number of amides is 1. The van der Waals surface area contributed by atoms with E-state index in [1.165, 1.54) is 5.56 Å². The number of aryl methyl sites for hydroxylation is 2. The molecular formula is C22H24FN3O3. The van der Waals surface area contributed by atoms with E-state index >= 15 is 0 Å². The Kier molecular flexibility index (Phi) is 5.47. The summed E-state index contributed by atoms with van der Waals surface area (Å²) in [5.74, 6) is 1.23. The predicted molar refractivity (Wildman–Crippen MR) is 107 cm³/mol. The van der Waals surface area contributed by atoms with Crippen LogP contribution in [0, 0.1) is 19.8 Å². The Hall–Kier alpha value is -2.96. The summed E-state index contributed by atoms with van der Waals surface area (Å²) in [7, 11) is 0. The van der Waals surface area contributed by atoms with Crippen LogP contribution in [0.3, 0.4) is 0 Å². The Morgan fingerprint density at radius 2 is 2.17 bits per heavy atom. The van der Waals surface area contributed by atoms with Gasteiger partial charge in [0.15, 0.2) is 6.61 Å². The van der Waals surface area contributed by atoms with Crippen LogP contribution < -0.4 is 14.8 Å². The highest BCUT2D eigenvalue weighted by molar-refractivity contribution is 6.05. The molecule has 1 amide bonds. The maximum absolute atomic E-state index is 13.1.